The van der Waals surface area contributed by atoms with Gasteiger partial charge in [0.1, 0.15) is 0 Å². The van der Waals surface area contributed by atoms with E-state index < -0.39 is 0 Å². The van der Waals surface area contributed by atoms with Crippen LogP contribution in [0.1, 0.15) is 100 Å². The summed E-state index contributed by atoms with van der Waals surface area (Å²) in [5, 5.41) is 21.4. The van der Waals surface area contributed by atoms with Crippen LogP contribution in [-0.2, 0) is 0 Å². The van der Waals surface area contributed by atoms with Gasteiger partial charge in [-0.25, -0.2) is 0 Å². The molecule has 0 amide bonds. The van der Waals surface area contributed by atoms with Crippen molar-refractivity contribution in [2.45, 2.75) is 113 Å². The molecule has 2 unspecified atom stereocenters. The van der Waals surface area contributed by atoms with E-state index in [-0.39, 0.29) is 33.9 Å². The first kappa shape index (κ1) is 24.3. The predicted molar refractivity (Wildman–Crippen MR) is 134 cm³/mol. The van der Waals surface area contributed by atoms with E-state index >= 15 is 0 Å². The lowest BCUT2D eigenvalue weighted by Crippen LogP contribution is -2.54. The molecular formula is C30H48O2. The Morgan fingerprint density at radius 2 is 1.75 bits per heavy atom. The molecule has 0 aromatic heterocycles. The fourth-order valence-corrected chi connectivity index (χ4v) is 8.94. The van der Waals surface area contributed by atoms with Crippen LogP contribution in [0.5, 0.6) is 0 Å². The molecule has 0 spiro atoms. The molecule has 8 atom stereocenters. The highest BCUT2D eigenvalue weighted by atomic mass is 16.3. The van der Waals surface area contributed by atoms with Gasteiger partial charge in [0.15, 0.2) is 0 Å². The van der Waals surface area contributed by atoms with E-state index in [9.17, 15) is 10.2 Å². The van der Waals surface area contributed by atoms with E-state index in [2.05, 4.69) is 67.5 Å². The lowest BCUT2D eigenvalue weighted by Gasteiger charge is -2.61. The van der Waals surface area contributed by atoms with Crippen LogP contribution in [0, 0.1) is 39.4 Å². The van der Waals surface area contributed by atoms with Crippen LogP contribution >= 0.6 is 0 Å². The molecule has 0 saturated heterocycles. The molecule has 4 aliphatic rings. The van der Waals surface area contributed by atoms with Crippen molar-refractivity contribution in [2.75, 3.05) is 0 Å². The minimum atomic E-state index is -0.329. The maximum Gasteiger partial charge on any atom is 0.0726 e. The molecule has 0 radical (unpaired) electrons. The Hall–Kier alpha value is -0.860. The maximum absolute atomic E-state index is 10.8. The molecule has 180 valence electrons. The molecule has 2 fully saturated rings. The third kappa shape index (κ3) is 3.34. The Morgan fingerprint density at radius 3 is 2.41 bits per heavy atom. The Labute approximate surface area is 197 Å². The normalized spacial score (nSPS) is 44.4. The first-order chi connectivity index (χ1) is 14.8. The van der Waals surface area contributed by atoms with Crippen LogP contribution in [0.3, 0.4) is 0 Å². The van der Waals surface area contributed by atoms with Gasteiger partial charge in [-0.3, -0.25) is 0 Å². The third-order valence-corrected chi connectivity index (χ3v) is 11.1. The Bertz CT molecular complexity index is 843. The highest BCUT2D eigenvalue weighted by molar-refractivity contribution is 5.49. The Kier molecular flexibility index (Phi) is 5.95. The van der Waals surface area contributed by atoms with Gasteiger partial charge >= 0.3 is 0 Å². The van der Waals surface area contributed by atoms with Gasteiger partial charge in [0.25, 0.3) is 0 Å². The van der Waals surface area contributed by atoms with E-state index in [0.717, 1.165) is 32.1 Å². The van der Waals surface area contributed by atoms with E-state index in [4.69, 9.17) is 0 Å². The summed E-state index contributed by atoms with van der Waals surface area (Å²) >= 11 is 0. The summed E-state index contributed by atoms with van der Waals surface area (Å²) in [6, 6.07) is 0. The van der Waals surface area contributed by atoms with E-state index in [1.807, 2.05) is 6.08 Å². The van der Waals surface area contributed by atoms with E-state index in [1.165, 1.54) is 18.4 Å². The molecule has 0 aromatic rings. The monoisotopic (exact) mass is 440 g/mol. The van der Waals surface area contributed by atoms with Crippen LogP contribution in [0.2, 0.25) is 0 Å². The number of aliphatic hydroxyl groups excluding tert-OH is 2. The molecule has 2 saturated carbocycles. The summed E-state index contributed by atoms with van der Waals surface area (Å²) in [6.45, 7) is 18.7. The quantitative estimate of drug-likeness (QED) is 0.453. The SMILES string of the molecule is CC(C)=CC(O)C[C@@H](C)[C@H]1CC[C@@]2(C)C3=CCC4C(C)(C)[C@H](O)CC[C@]4(C)C3=CC[C@]12C. The van der Waals surface area contributed by atoms with Gasteiger partial charge in [-0.05, 0) is 109 Å². The molecule has 0 aromatic carbocycles. The van der Waals surface area contributed by atoms with Crippen molar-refractivity contribution in [1.82, 2.24) is 0 Å². The largest absolute Gasteiger partial charge is 0.393 e. The molecule has 4 rings (SSSR count). The highest BCUT2D eigenvalue weighted by Gasteiger charge is 2.63. The maximum atomic E-state index is 10.8. The Balaban J connectivity index is 1.66. The third-order valence-electron chi connectivity index (χ3n) is 11.1. The standard InChI is InChI=1S/C30H48O2/c1-19(2)17-21(31)18-20(3)22-11-15-30(8)24-9-10-25-27(4,5)26(32)13-14-28(25,6)23(24)12-16-29(22,30)7/h9,12,17,20-22,25-26,31-32H,10-11,13-16,18H2,1-8H3/t20-,21?,22-,25?,26-,28-,29-,30+/m1/s1. The van der Waals surface area contributed by atoms with Gasteiger partial charge in [0.2, 0.25) is 0 Å². The second kappa shape index (κ2) is 7.84. The van der Waals surface area contributed by atoms with Crippen LogP contribution in [0.25, 0.3) is 0 Å². The van der Waals surface area contributed by atoms with Gasteiger partial charge in [-0.2, -0.15) is 0 Å². The summed E-state index contributed by atoms with van der Waals surface area (Å²) in [6.07, 6.45) is 14.4. The van der Waals surface area contributed by atoms with Gasteiger partial charge in [-0.15, -0.1) is 0 Å². The molecule has 2 nitrogen and oxygen atoms in total. The van der Waals surface area contributed by atoms with Crippen LogP contribution in [-0.4, -0.2) is 22.4 Å². The second-order valence-corrected chi connectivity index (χ2v) is 13.4. The predicted octanol–water partition coefficient (Wildman–Crippen LogP) is 7.23. The molecule has 0 aliphatic heterocycles. The van der Waals surface area contributed by atoms with E-state index in [1.54, 1.807) is 11.1 Å². The smallest absolute Gasteiger partial charge is 0.0726 e. The lowest BCUT2D eigenvalue weighted by molar-refractivity contribution is -0.0851. The van der Waals surface area contributed by atoms with Gasteiger partial charge in [0.05, 0.1) is 12.2 Å². The second-order valence-electron chi connectivity index (χ2n) is 13.4. The van der Waals surface area contributed by atoms with Crippen LogP contribution < -0.4 is 0 Å². The molecule has 2 N–H and O–H groups in total. The van der Waals surface area contributed by atoms with Crippen molar-refractivity contribution in [3.05, 3.63) is 34.9 Å². The summed E-state index contributed by atoms with van der Waals surface area (Å²) in [7, 11) is 0. The highest BCUT2D eigenvalue weighted by Crippen LogP contribution is 2.71. The van der Waals surface area contributed by atoms with Crippen molar-refractivity contribution in [2.24, 2.45) is 39.4 Å². The zero-order valence-corrected chi connectivity index (χ0v) is 22.0. The summed E-state index contributed by atoms with van der Waals surface area (Å²) < 4.78 is 0. The average molecular weight is 441 g/mol. The zero-order chi connectivity index (χ0) is 23.7. The van der Waals surface area contributed by atoms with Gasteiger partial charge < -0.3 is 10.2 Å². The number of rotatable bonds is 4. The minimum Gasteiger partial charge on any atom is -0.393 e. The van der Waals surface area contributed by atoms with Crippen molar-refractivity contribution in [3.8, 4) is 0 Å². The van der Waals surface area contributed by atoms with Crippen molar-refractivity contribution in [1.29, 1.82) is 0 Å². The van der Waals surface area contributed by atoms with E-state index in [0.29, 0.717) is 17.8 Å². The first-order valence-electron chi connectivity index (χ1n) is 13.2. The molecule has 32 heavy (non-hydrogen) atoms. The fourth-order valence-electron chi connectivity index (χ4n) is 8.94. The Morgan fingerprint density at radius 1 is 1.06 bits per heavy atom. The minimum absolute atomic E-state index is 0.0364. The summed E-state index contributed by atoms with van der Waals surface area (Å²) in [4.78, 5) is 0. The number of hydrogen-bond donors (Lipinski definition) is 2. The first-order valence-corrected chi connectivity index (χ1v) is 13.2. The molecule has 0 bridgehead atoms. The molecule has 0 heterocycles. The van der Waals surface area contributed by atoms with Crippen LogP contribution in [0.15, 0.2) is 34.9 Å². The molecular weight excluding hydrogens is 392 g/mol. The van der Waals surface area contributed by atoms with Gasteiger partial charge in [0, 0.05) is 0 Å². The molecule has 4 aliphatic carbocycles. The van der Waals surface area contributed by atoms with Crippen molar-refractivity contribution < 1.29 is 10.2 Å². The molecule has 2 heteroatoms. The average Bonchev–Trinajstić information content (AvgIpc) is 2.96. The summed E-state index contributed by atoms with van der Waals surface area (Å²) in [5.41, 5.74) is 5.06. The zero-order valence-electron chi connectivity index (χ0n) is 22.0. The van der Waals surface area contributed by atoms with Gasteiger partial charge in [-0.1, -0.05) is 65.3 Å². The number of allylic oxidation sites excluding steroid dienone is 5. The number of fused-ring (bicyclic) bond motifs is 5. The topological polar surface area (TPSA) is 40.5 Å². The number of hydrogen-bond acceptors (Lipinski definition) is 2. The summed E-state index contributed by atoms with van der Waals surface area (Å²) in [5.74, 6) is 1.66. The lowest BCUT2D eigenvalue weighted by atomic mass is 9.44. The van der Waals surface area contributed by atoms with Crippen molar-refractivity contribution in [3.63, 3.8) is 0 Å². The van der Waals surface area contributed by atoms with Crippen molar-refractivity contribution >= 4 is 0 Å². The van der Waals surface area contributed by atoms with Crippen LogP contribution in [0.4, 0.5) is 0 Å². The fraction of sp³-hybridized carbons (Fsp3) is 0.800. The number of aliphatic hydroxyl groups is 2.